The Hall–Kier alpha value is -1.84. The zero-order chi connectivity index (χ0) is 13.3. The van der Waals surface area contributed by atoms with Crippen LogP contribution in [0.4, 0.5) is 0 Å². The summed E-state index contributed by atoms with van der Waals surface area (Å²) in [5.41, 5.74) is 1.19. The molecule has 1 aromatic carbocycles. The summed E-state index contributed by atoms with van der Waals surface area (Å²) in [4.78, 5) is 22.3. The molecule has 4 nitrogen and oxygen atoms in total. The van der Waals surface area contributed by atoms with Gasteiger partial charge in [-0.15, -0.1) is 0 Å². The number of esters is 1. The maximum Gasteiger partial charge on any atom is 0.302 e. The van der Waals surface area contributed by atoms with Crippen molar-refractivity contribution < 1.29 is 19.1 Å². The Morgan fingerprint density at radius 1 is 1.39 bits per heavy atom. The summed E-state index contributed by atoms with van der Waals surface area (Å²) >= 11 is 0. The minimum Gasteiger partial charge on any atom is -0.492 e. The minimum atomic E-state index is -0.382. The topological polar surface area (TPSA) is 52.6 Å². The van der Waals surface area contributed by atoms with Crippen LogP contribution in [0.3, 0.4) is 0 Å². The Kier molecular flexibility index (Phi) is 3.11. The molecule has 2 rings (SSSR count). The van der Waals surface area contributed by atoms with Crippen molar-refractivity contribution in [2.75, 3.05) is 13.2 Å². The monoisotopic (exact) mass is 248 g/mol. The van der Waals surface area contributed by atoms with Gasteiger partial charge in [-0.25, -0.2) is 0 Å². The van der Waals surface area contributed by atoms with Crippen molar-refractivity contribution in [3.63, 3.8) is 0 Å². The molecule has 1 aliphatic rings. The van der Waals surface area contributed by atoms with Crippen molar-refractivity contribution in [2.24, 2.45) is 0 Å². The number of Topliss-reactive ketones (excluding diaryl/α,β-unsaturated/α-hetero) is 1. The zero-order valence-electron chi connectivity index (χ0n) is 10.8. The van der Waals surface area contributed by atoms with E-state index in [1.165, 1.54) is 13.8 Å². The third kappa shape index (κ3) is 2.23. The molecule has 4 heteroatoms. The van der Waals surface area contributed by atoms with E-state index in [2.05, 4.69) is 0 Å². The normalized spacial score (nSPS) is 21.1. The smallest absolute Gasteiger partial charge is 0.302 e. The van der Waals surface area contributed by atoms with Gasteiger partial charge in [-0.05, 0) is 32.0 Å². The van der Waals surface area contributed by atoms with E-state index in [0.717, 1.165) is 11.3 Å². The second kappa shape index (κ2) is 4.44. The maximum absolute atomic E-state index is 11.4. The molecule has 0 spiro atoms. The molecule has 1 atom stereocenters. The first kappa shape index (κ1) is 12.6. The highest BCUT2D eigenvalue weighted by atomic mass is 16.5. The lowest BCUT2D eigenvalue weighted by atomic mass is 9.84. The quantitative estimate of drug-likeness (QED) is 0.607. The SMILES string of the molecule is CC(=O)OCC1(C)COc2ccc(C(C)=O)cc21. The Morgan fingerprint density at radius 3 is 2.72 bits per heavy atom. The molecular weight excluding hydrogens is 232 g/mol. The fourth-order valence-electron chi connectivity index (χ4n) is 2.04. The summed E-state index contributed by atoms with van der Waals surface area (Å²) in [6.45, 7) is 5.59. The number of carbonyl (C=O) groups excluding carboxylic acids is 2. The van der Waals surface area contributed by atoms with E-state index in [0.29, 0.717) is 12.2 Å². The number of ketones is 1. The molecule has 0 saturated heterocycles. The van der Waals surface area contributed by atoms with Crippen molar-refractivity contribution in [1.82, 2.24) is 0 Å². The summed E-state index contributed by atoms with van der Waals surface area (Å²) in [5.74, 6) is 0.460. The standard InChI is InChI=1S/C14H16O4/c1-9(15)11-4-5-13-12(6-11)14(3,8-18-13)7-17-10(2)16/h4-6H,7-8H2,1-3H3. The van der Waals surface area contributed by atoms with E-state index >= 15 is 0 Å². The third-order valence-corrected chi connectivity index (χ3v) is 3.18. The summed E-state index contributed by atoms with van der Waals surface area (Å²) in [6.07, 6.45) is 0. The number of benzene rings is 1. The molecule has 1 aromatic rings. The lowest BCUT2D eigenvalue weighted by molar-refractivity contribution is -0.142. The summed E-state index contributed by atoms with van der Waals surface area (Å²) in [7, 11) is 0. The Morgan fingerprint density at radius 2 is 2.11 bits per heavy atom. The number of rotatable bonds is 3. The van der Waals surface area contributed by atoms with E-state index < -0.39 is 0 Å². The van der Waals surface area contributed by atoms with Gasteiger partial charge in [-0.3, -0.25) is 9.59 Å². The lowest BCUT2D eigenvalue weighted by Gasteiger charge is -2.22. The highest BCUT2D eigenvalue weighted by Gasteiger charge is 2.37. The molecule has 0 aromatic heterocycles. The van der Waals surface area contributed by atoms with Gasteiger partial charge in [0.05, 0.1) is 5.41 Å². The molecular formula is C14H16O4. The summed E-state index contributed by atoms with van der Waals surface area (Å²) < 4.78 is 10.7. The van der Waals surface area contributed by atoms with Crippen LogP contribution in [0.2, 0.25) is 0 Å². The van der Waals surface area contributed by atoms with Crippen molar-refractivity contribution in [2.45, 2.75) is 26.2 Å². The fourth-order valence-corrected chi connectivity index (χ4v) is 2.04. The van der Waals surface area contributed by atoms with Crippen LogP contribution in [0, 0.1) is 0 Å². The van der Waals surface area contributed by atoms with Gasteiger partial charge in [0.2, 0.25) is 0 Å². The number of fused-ring (bicyclic) bond motifs is 1. The molecule has 0 fully saturated rings. The van der Waals surface area contributed by atoms with Crippen LogP contribution in [0.15, 0.2) is 18.2 Å². The van der Waals surface area contributed by atoms with Crippen molar-refractivity contribution in [3.05, 3.63) is 29.3 Å². The summed E-state index contributed by atoms with van der Waals surface area (Å²) in [6, 6.07) is 5.37. The average Bonchev–Trinajstić information content (AvgIpc) is 2.65. The Labute approximate surface area is 106 Å². The molecule has 18 heavy (non-hydrogen) atoms. The van der Waals surface area contributed by atoms with E-state index in [4.69, 9.17) is 9.47 Å². The molecule has 0 N–H and O–H groups in total. The van der Waals surface area contributed by atoms with Crippen molar-refractivity contribution in [3.8, 4) is 5.75 Å². The molecule has 1 aliphatic heterocycles. The van der Waals surface area contributed by atoms with Gasteiger partial charge >= 0.3 is 5.97 Å². The second-order valence-electron chi connectivity index (χ2n) is 4.90. The zero-order valence-corrected chi connectivity index (χ0v) is 10.8. The van der Waals surface area contributed by atoms with Crippen LogP contribution < -0.4 is 4.74 Å². The maximum atomic E-state index is 11.4. The van der Waals surface area contributed by atoms with Gasteiger partial charge in [0.1, 0.15) is 19.0 Å². The van der Waals surface area contributed by atoms with E-state index in [1.807, 2.05) is 13.0 Å². The molecule has 1 unspecified atom stereocenters. The number of ether oxygens (including phenoxy) is 2. The van der Waals surface area contributed by atoms with E-state index in [1.54, 1.807) is 12.1 Å². The van der Waals surface area contributed by atoms with Crippen molar-refractivity contribution >= 4 is 11.8 Å². The fraction of sp³-hybridized carbons (Fsp3) is 0.429. The van der Waals surface area contributed by atoms with Crippen LogP contribution >= 0.6 is 0 Å². The first-order chi connectivity index (χ1) is 8.42. The van der Waals surface area contributed by atoms with E-state index in [9.17, 15) is 9.59 Å². The van der Waals surface area contributed by atoms with Gasteiger partial charge in [0, 0.05) is 18.1 Å². The molecule has 0 bridgehead atoms. The molecule has 0 aliphatic carbocycles. The minimum absolute atomic E-state index is 0.0135. The first-order valence-corrected chi connectivity index (χ1v) is 5.84. The molecule has 96 valence electrons. The van der Waals surface area contributed by atoms with Crippen LogP contribution in [-0.2, 0) is 14.9 Å². The van der Waals surface area contributed by atoms with Crippen molar-refractivity contribution in [1.29, 1.82) is 0 Å². The number of hydrogen-bond acceptors (Lipinski definition) is 4. The van der Waals surface area contributed by atoms with Crippen LogP contribution in [0.5, 0.6) is 5.75 Å². The Bertz CT molecular complexity index is 507. The third-order valence-electron chi connectivity index (χ3n) is 3.18. The molecule has 0 amide bonds. The molecule has 0 radical (unpaired) electrons. The molecule has 1 heterocycles. The van der Waals surface area contributed by atoms with Crippen LogP contribution in [-0.4, -0.2) is 25.0 Å². The highest BCUT2D eigenvalue weighted by molar-refractivity contribution is 5.94. The van der Waals surface area contributed by atoms with E-state index in [-0.39, 0.29) is 23.8 Å². The highest BCUT2D eigenvalue weighted by Crippen LogP contribution is 2.39. The second-order valence-corrected chi connectivity index (χ2v) is 4.90. The van der Waals surface area contributed by atoms with Crippen LogP contribution in [0.25, 0.3) is 0 Å². The number of hydrogen-bond donors (Lipinski definition) is 0. The molecule has 0 saturated carbocycles. The van der Waals surface area contributed by atoms with Crippen LogP contribution in [0.1, 0.15) is 36.7 Å². The predicted octanol–water partition coefficient (Wildman–Crippen LogP) is 2.10. The summed E-state index contributed by atoms with van der Waals surface area (Å²) in [5, 5.41) is 0. The predicted molar refractivity (Wildman–Crippen MR) is 65.9 cm³/mol. The van der Waals surface area contributed by atoms with Gasteiger partial charge in [-0.1, -0.05) is 0 Å². The largest absolute Gasteiger partial charge is 0.492 e. The van der Waals surface area contributed by atoms with Gasteiger partial charge in [0.15, 0.2) is 5.78 Å². The first-order valence-electron chi connectivity index (χ1n) is 5.84. The lowest BCUT2D eigenvalue weighted by Crippen LogP contribution is -2.31. The van der Waals surface area contributed by atoms with Gasteiger partial charge in [0.25, 0.3) is 0 Å². The van der Waals surface area contributed by atoms with Gasteiger partial charge < -0.3 is 9.47 Å². The van der Waals surface area contributed by atoms with Gasteiger partial charge in [-0.2, -0.15) is 0 Å². The Balaban J connectivity index is 2.32. The number of carbonyl (C=O) groups is 2. The average molecular weight is 248 g/mol.